The molecule has 0 bridgehead atoms. The van der Waals surface area contributed by atoms with Crippen LogP contribution in [0.25, 0.3) is 0 Å². The zero-order valence-electron chi connectivity index (χ0n) is 15.1. The number of likely N-dealkylation sites (tertiary alicyclic amines) is 1. The Morgan fingerprint density at radius 1 is 1.44 bits per heavy atom. The predicted molar refractivity (Wildman–Crippen MR) is 93.4 cm³/mol. The quantitative estimate of drug-likeness (QED) is 0.763. The minimum Gasteiger partial charge on any atom is -0.386 e. The van der Waals surface area contributed by atoms with Gasteiger partial charge in [0.15, 0.2) is 0 Å². The second kappa shape index (κ2) is 6.62. The highest BCUT2D eigenvalue weighted by atomic mass is 32.2. The van der Waals surface area contributed by atoms with E-state index in [1.54, 1.807) is 13.3 Å². The van der Waals surface area contributed by atoms with Crippen molar-refractivity contribution in [3.63, 3.8) is 0 Å². The van der Waals surface area contributed by atoms with Crippen LogP contribution < -0.4 is 4.72 Å². The molecule has 2 N–H and O–H groups in total. The maximum Gasteiger partial charge on any atom is 0.209 e. The van der Waals surface area contributed by atoms with Gasteiger partial charge in [-0.3, -0.25) is 4.90 Å². The van der Waals surface area contributed by atoms with Crippen molar-refractivity contribution in [1.82, 2.24) is 19.2 Å². The molecule has 0 aliphatic carbocycles. The van der Waals surface area contributed by atoms with E-state index in [0.717, 1.165) is 44.4 Å². The van der Waals surface area contributed by atoms with E-state index in [1.165, 1.54) is 0 Å². The molecule has 142 valence electrons. The van der Waals surface area contributed by atoms with Crippen LogP contribution in [-0.2, 0) is 28.4 Å². The summed E-state index contributed by atoms with van der Waals surface area (Å²) in [5.41, 5.74) is -0.521. The fourth-order valence-corrected chi connectivity index (χ4v) is 4.58. The van der Waals surface area contributed by atoms with Gasteiger partial charge in [-0.25, -0.2) is 18.1 Å². The Labute approximate surface area is 149 Å². The molecule has 0 aromatic carbocycles. The second-order valence-electron chi connectivity index (χ2n) is 7.78. The smallest absolute Gasteiger partial charge is 0.209 e. The Bertz CT molecular complexity index is 707. The number of piperidine rings is 1. The van der Waals surface area contributed by atoms with Gasteiger partial charge in [0.2, 0.25) is 10.0 Å². The zero-order valence-corrected chi connectivity index (χ0v) is 15.9. The van der Waals surface area contributed by atoms with E-state index in [2.05, 4.69) is 14.6 Å². The molecule has 3 rings (SSSR count). The van der Waals surface area contributed by atoms with Gasteiger partial charge in [0.05, 0.1) is 36.5 Å². The lowest BCUT2D eigenvalue weighted by atomic mass is 9.78. The maximum absolute atomic E-state index is 11.6. The van der Waals surface area contributed by atoms with E-state index in [0.29, 0.717) is 6.42 Å². The van der Waals surface area contributed by atoms with Crippen molar-refractivity contribution in [2.45, 2.75) is 50.0 Å². The number of nitrogens with one attached hydrogen (secondary N) is 1. The molecule has 1 aromatic rings. The molecule has 2 fully saturated rings. The third-order valence-corrected chi connectivity index (χ3v) is 5.98. The third-order valence-electron chi connectivity index (χ3n) is 5.26. The monoisotopic (exact) mass is 372 g/mol. The van der Waals surface area contributed by atoms with Crippen LogP contribution in [0.5, 0.6) is 0 Å². The second-order valence-corrected chi connectivity index (χ2v) is 9.56. The van der Waals surface area contributed by atoms with Crippen LogP contribution in [-0.4, -0.2) is 71.2 Å². The van der Waals surface area contributed by atoms with Crippen molar-refractivity contribution < 1.29 is 18.3 Å². The number of hydrogen-bond acceptors (Lipinski definition) is 6. The molecule has 9 heteroatoms. The Morgan fingerprint density at radius 2 is 2.12 bits per heavy atom. The summed E-state index contributed by atoms with van der Waals surface area (Å²) in [6.07, 6.45) is 7.07. The van der Waals surface area contributed by atoms with Crippen LogP contribution in [0.1, 0.15) is 31.9 Å². The van der Waals surface area contributed by atoms with Gasteiger partial charge in [0.1, 0.15) is 5.60 Å². The molecule has 2 saturated heterocycles. The molecule has 2 atom stereocenters. The lowest BCUT2D eigenvalue weighted by Gasteiger charge is -2.50. The highest BCUT2D eigenvalue weighted by molar-refractivity contribution is 7.88. The fourth-order valence-electron chi connectivity index (χ4n) is 3.72. The topological polar surface area (TPSA) is 96.7 Å². The van der Waals surface area contributed by atoms with Crippen LogP contribution in [0.2, 0.25) is 0 Å². The first kappa shape index (κ1) is 18.8. The number of ether oxygens (including phenoxy) is 1. The summed E-state index contributed by atoms with van der Waals surface area (Å²) in [6, 6.07) is -0.529. The molecule has 25 heavy (non-hydrogen) atoms. The number of sulfonamides is 1. The molecule has 2 aliphatic rings. The Kier molecular flexibility index (Phi) is 4.97. The van der Waals surface area contributed by atoms with Gasteiger partial charge < -0.3 is 14.4 Å². The summed E-state index contributed by atoms with van der Waals surface area (Å²) in [5.74, 6) is 0. The van der Waals surface area contributed by atoms with Crippen molar-refractivity contribution >= 4 is 10.0 Å². The predicted octanol–water partition coefficient (Wildman–Crippen LogP) is -0.156. The molecule has 0 unspecified atom stereocenters. The SMILES string of the molecule is Cn1cnc(CN2CCC3(CC2)C[C@H](NS(C)(=O)=O)[C@@](C)(O)CO3)c1. The molecule has 2 aliphatic heterocycles. The van der Waals surface area contributed by atoms with Crippen molar-refractivity contribution in [3.05, 3.63) is 18.2 Å². The van der Waals surface area contributed by atoms with Crippen molar-refractivity contribution in [2.75, 3.05) is 26.0 Å². The van der Waals surface area contributed by atoms with Crippen molar-refractivity contribution in [2.24, 2.45) is 7.05 Å². The lowest BCUT2D eigenvalue weighted by molar-refractivity contribution is -0.190. The number of hydrogen-bond donors (Lipinski definition) is 2. The van der Waals surface area contributed by atoms with E-state index in [4.69, 9.17) is 4.74 Å². The van der Waals surface area contributed by atoms with Crippen LogP contribution in [0, 0.1) is 0 Å². The van der Waals surface area contributed by atoms with Gasteiger partial charge in [-0.2, -0.15) is 0 Å². The Morgan fingerprint density at radius 3 is 2.68 bits per heavy atom. The van der Waals surface area contributed by atoms with Gasteiger partial charge in [-0.15, -0.1) is 0 Å². The molecule has 0 radical (unpaired) electrons. The Balaban J connectivity index is 1.62. The van der Waals surface area contributed by atoms with Crippen LogP contribution in [0.15, 0.2) is 12.5 Å². The average Bonchev–Trinajstić information content (AvgIpc) is 2.90. The first-order valence-corrected chi connectivity index (χ1v) is 10.5. The van der Waals surface area contributed by atoms with E-state index in [9.17, 15) is 13.5 Å². The van der Waals surface area contributed by atoms with Crippen molar-refractivity contribution in [3.8, 4) is 0 Å². The Hall–Kier alpha value is -1.00. The van der Waals surface area contributed by atoms with Gasteiger partial charge >= 0.3 is 0 Å². The largest absolute Gasteiger partial charge is 0.386 e. The first-order chi connectivity index (χ1) is 11.6. The summed E-state index contributed by atoms with van der Waals surface area (Å²) in [7, 11) is -1.43. The van der Waals surface area contributed by atoms with Crippen molar-refractivity contribution in [1.29, 1.82) is 0 Å². The van der Waals surface area contributed by atoms with E-state index in [-0.39, 0.29) is 12.2 Å². The van der Waals surface area contributed by atoms with Crippen LogP contribution >= 0.6 is 0 Å². The summed E-state index contributed by atoms with van der Waals surface area (Å²) >= 11 is 0. The number of aliphatic hydroxyl groups is 1. The summed E-state index contributed by atoms with van der Waals surface area (Å²) in [5, 5.41) is 10.5. The van der Waals surface area contributed by atoms with Gasteiger partial charge in [-0.1, -0.05) is 0 Å². The minimum atomic E-state index is -3.39. The van der Waals surface area contributed by atoms with Crippen LogP contribution in [0.3, 0.4) is 0 Å². The summed E-state index contributed by atoms with van der Waals surface area (Å²) in [4.78, 5) is 6.70. The maximum atomic E-state index is 11.6. The third kappa shape index (κ3) is 4.59. The number of aryl methyl sites for hydroxylation is 1. The zero-order chi connectivity index (χ0) is 18.3. The van der Waals surface area contributed by atoms with E-state index < -0.39 is 21.7 Å². The molecule has 3 heterocycles. The summed E-state index contributed by atoms with van der Waals surface area (Å²) < 4.78 is 33.8. The van der Waals surface area contributed by atoms with Gasteiger partial charge in [0, 0.05) is 32.9 Å². The number of nitrogens with zero attached hydrogens (tertiary/aromatic N) is 3. The lowest BCUT2D eigenvalue weighted by Crippen LogP contribution is -2.63. The minimum absolute atomic E-state index is 0.139. The first-order valence-electron chi connectivity index (χ1n) is 8.60. The molecule has 1 spiro atoms. The van der Waals surface area contributed by atoms with Crippen LogP contribution in [0.4, 0.5) is 0 Å². The molecule has 0 amide bonds. The molecular weight excluding hydrogens is 344 g/mol. The molecule has 1 aromatic heterocycles. The highest BCUT2D eigenvalue weighted by Crippen LogP contribution is 2.38. The molecule has 8 nitrogen and oxygen atoms in total. The van der Waals surface area contributed by atoms with E-state index in [1.807, 2.05) is 17.8 Å². The normalized spacial score (nSPS) is 30.6. The summed E-state index contributed by atoms with van der Waals surface area (Å²) in [6.45, 7) is 4.30. The van der Waals surface area contributed by atoms with Gasteiger partial charge in [0.25, 0.3) is 0 Å². The fraction of sp³-hybridized carbons (Fsp3) is 0.812. The van der Waals surface area contributed by atoms with Gasteiger partial charge in [-0.05, 0) is 26.2 Å². The number of aromatic nitrogens is 2. The molecular formula is C16H28N4O4S. The number of rotatable bonds is 4. The highest BCUT2D eigenvalue weighted by Gasteiger charge is 2.49. The molecule has 0 saturated carbocycles. The average molecular weight is 372 g/mol. The van der Waals surface area contributed by atoms with E-state index >= 15 is 0 Å². The number of imidazole rings is 1. The standard InChI is InChI=1S/C16H28N4O4S/c1-15(21)11-24-16(8-14(15)18-25(3,22)23)4-6-20(7-5-16)10-13-9-19(2)12-17-13/h9,12,14,18,21H,4-8,10-11H2,1-3H3/t14-,15-/m0/s1.